The molecule has 0 saturated heterocycles. The van der Waals surface area contributed by atoms with Crippen LogP contribution in [-0.4, -0.2) is 46.0 Å². The Morgan fingerprint density at radius 1 is 1.13 bits per heavy atom. The molecule has 4 rings (SSSR count). The molecule has 1 aromatic heterocycles. The average molecular weight is 549 g/mol. The van der Waals surface area contributed by atoms with E-state index < -0.39 is 24.8 Å². The lowest BCUT2D eigenvalue weighted by atomic mass is 9.70. The molecule has 1 amide bonds. The Morgan fingerprint density at radius 3 is 2.46 bits per heavy atom. The van der Waals surface area contributed by atoms with Crippen molar-refractivity contribution < 1.29 is 37.3 Å². The number of benzene rings is 2. The van der Waals surface area contributed by atoms with E-state index in [4.69, 9.17) is 14.8 Å². The van der Waals surface area contributed by atoms with Crippen LogP contribution in [0.1, 0.15) is 46.1 Å². The fraction of sp³-hybridized carbons (Fsp3) is 0.444. The maximum Gasteiger partial charge on any atom is 0.573 e. The maximum atomic E-state index is 12.6. The van der Waals surface area contributed by atoms with Crippen molar-refractivity contribution in [1.29, 1.82) is 0 Å². The van der Waals surface area contributed by atoms with E-state index in [2.05, 4.69) is 40.7 Å². The van der Waals surface area contributed by atoms with E-state index in [1.807, 2.05) is 6.07 Å². The predicted molar refractivity (Wildman–Crippen MR) is 138 cm³/mol. The Hall–Kier alpha value is -3.96. The zero-order chi connectivity index (χ0) is 28.4. The molecule has 3 N–H and O–H groups in total. The summed E-state index contributed by atoms with van der Waals surface area (Å²) >= 11 is 0. The highest BCUT2D eigenvalue weighted by molar-refractivity contribution is 5.83. The number of carbonyl (C=O) groups is 2. The first kappa shape index (κ1) is 28.1. The number of carboxylic acid groups (broad SMARTS) is 1. The lowest BCUT2D eigenvalue weighted by Crippen LogP contribution is -2.33. The molecule has 0 aliphatic heterocycles. The summed E-state index contributed by atoms with van der Waals surface area (Å²) in [5, 5.41) is 14.2. The number of hydrogen-bond donors (Lipinski definition) is 3. The summed E-state index contributed by atoms with van der Waals surface area (Å²) in [6, 6.07) is 10.8. The fourth-order valence-corrected chi connectivity index (χ4v) is 5.36. The number of rotatable bonds is 9. The number of carbonyl (C=O) groups excluding carboxylic acids is 1. The molecule has 0 bridgehead atoms. The lowest BCUT2D eigenvalue weighted by Gasteiger charge is -2.40. The van der Waals surface area contributed by atoms with Gasteiger partial charge in [-0.2, -0.15) is 0 Å². The van der Waals surface area contributed by atoms with Gasteiger partial charge in [0, 0.05) is 17.8 Å². The minimum Gasteiger partial charge on any atom is -0.484 e. The van der Waals surface area contributed by atoms with Crippen molar-refractivity contribution in [2.75, 3.05) is 18.5 Å². The molecule has 39 heavy (non-hydrogen) atoms. The van der Waals surface area contributed by atoms with Crippen molar-refractivity contribution in [2.45, 2.75) is 52.4 Å². The number of carboxylic acids is 1. The largest absolute Gasteiger partial charge is 0.573 e. The van der Waals surface area contributed by atoms with Crippen LogP contribution >= 0.6 is 0 Å². The van der Waals surface area contributed by atoms with Crippen molar-refractivity contribution in [2.24, 2.45) is 11.3 Å². The number of nitrogens with one attached hydrogen (secondary N) is 2. The summed E-state index contributed by atoms with van der Waals surface area (Å²) in [5.41, 5.74) is 2.09. The van der Waals surface area contributed by atoms with Gasteiger partial charge in [-0.3, -0.25) is 9.59 Å². The van der Waals surface area contributed by atoms with E-state index in [9.17, 15) is 22.8 Å². The summed E-state index contributed by atoms with van der Waals surface area (Å²) in [4.78, 5) is 27.2. The van der Waals surface area contributed by atoms with Crippen LogP contribution < -0.4 is 20.1 Å². The van der Waals surface area contributed by atoms with E-state index in [1.54, 1.807) is 12.1 Å². The Balaban J connectivity index is 1.63. The minimum absolute atomic E-state index is 0.110. The zero-order valence-electron chi connectivity index (χ0n) is 21.8. The Bertz CT molecular complexity index is 1340. The summed E-state index contributed by atoms with van der Waals surface area (Å²) in [5.74, 6) is -0.649. The third-order valence-corrected chi connectivity index (χ3v) is 6.54. The summed E-state index contributed by atoms with van der Waals surface area (Å²) in [6.07, 6.45) is -1.83. The second-order valence-electron chi connectivity index (χ2n) is 10.7. The molecule has 12 heteroatoms. The number of halogens is 3. The van der Waals surface area contributed by atoms with Crippen molar-refractivity contribution >= 4 is 34.5 Å². The van der Waals surface area contributed by atoms with Gasteiger partial charge in [0.1, 0.15) is 18.0 Å². The van der Waals surface area contributed by atoms with E-state index in [-0.39, 0.29) is 23.8 Å². The van der Waals surface area contributed by atoms with Gasteiger partial charge < -0.3 is 29.8 Å². The van der Waals surface area contributed by atoms with Gasteiger partial charge in [-0.25, -0.2) is 4.98 Å². The second kappa shape index (κ2) is 11.0. The maximum absolute atomic E-state index is 12.6. The molecule has 3 aromatic rings. The van der Waals surface area contributed by atoms with Gasteiger partial charge in [0.05, 0.1) is 11.0 Å². The van der Waals surface area contributed by atoms with Crippen molar-refractivity contribution in [3.8, 4) is 11.5 Å². The summed E-state index contributed by atoms with van der Waals surface area (Å²) in [7, 11) is 0. The molecule has 0 spiro atoms. The van der Waals surface area contributed by atoms with Gasteiger partial charge in [-0.05, 0) is 67.0 Å². The molecule has 0 radical (unpaired) electrons. The van der Waals surface area contributed by atoms with Gasteiger partial charge in [0.25, 0.3) is 5.91 Å². The van der Waals surface area contributed by atoms with Gasteiger partial charge in [-0.15, -0.1) is 13.2 Å². The molecule has 1 fully saturated rings. The van der Waals surface area contributed by atoms with Gasteiger partial charge in [-0.1, -0.05) is 20.8 Å². The molecule has 2 aromatic carbocycles. The number of fused-ring (bicyclic) bond motifs is 1. The second-order valence-corrected chi connectivity index (χ2v) is 10.7. The zero-order valence-corrected chi connectivity index (χ0v) is 21.8. The van der Waals surface area contributed by atoms with E-state index in [0.717, 1.165) is 24.8 Å². The van der Waals surface area contributed by atoms with Crippen LogP contribution in [0.4, 0.5) is 24.8 Å². The van der Waals surface area contributed by atoms with E-state index in [1.165, 1.54) is 24.3 Å². The molecule has 1 heterocycles. The number of imidazole rings is 1. The molecular weight excluding hydrogens is 517 g/mol. The molecule has 1 aliphatic carbocycles. The highest BCUT2D eigenvalue weighted by Gasteiger charge is 2.35. The fourth-order valence-electron chi connectivity index (χ4n) is 5.36. The van der Waals surface area contributed by atoms with Crippen LogP contribution in [0.5, 0.6) is 11.5 Å². The van der Waals surface area contributed by atoms with Crippen LogP contribution in [0.15, 0.2) is 42.5 Å². The van der Waals surface area contributed by atoms with Gasteiger partial charge >= 0.3 is 12.3 Å². The third kappa shape index (κ3) is 7.55. The SMILES string of the molecule is C[C@H]1C[C@H](n2c(Nc3ccc(OC(F)(F)F)cc3)nc3cc(OCC(=O)NCC(=O)O)ccc32)CC(C)(C)C1. The topological polar surface area (TPSA) is 115 Å². The Labute approximate surface area is 223 Å². The lowest BCUT2D eigenvalue weighted by molar-refractivity contribution is -0.274. The first-order chi connectivity index (χ1) is 18.3. The third-order valence-electron chi connectivity index (χ3n) is 6.54. The highest BCUT2D eigenvalue weighted by Crippen LogP contribution is 2.46. The summed E-state index contributed by atoms with van der Waals surface area (Å²) < 4.78 is 49.3. The smallest absolute Gasteiger partial charge is 0.484 e. The quantitative estimate of drug-likeness (QED) is 0.317. The molecule has 210 valence electrons. The van der Waals surface area contributed by atoms with Crippen LogP contribution in [0, 0.1) is 11.3 Å². The molecular formula is C27H31F3N4O5. The minimum atomic E-state index is -4.77. The number of hydrogen-bond acceptors (Lipinski definition) is 6. The number of aromatic nitrogens is 2. The van der Waals surface area contributed by atoms with Crippen LogP contribution in [0.25, 0.3) is 11.0 Å². The number of nitrogens with zero attached hydrogens (tertiary/aromatic N) is 2. The van der Waals surface area contributed by atoms with Crippen molar-refractivity contribution in [3.63, 3.8) is 0 Å². The van der Waals surface area contributed by atoms with E-state index >= 15 is 0 Å². The first-order valence-electron chi connectivity index (χ1n) is 12.5. The van der Waals surface area contributed by atoms with Crippen LogP contribution in [0.2, 0.25) is 0 Å². The molecule has 1 saturated carbocycles. The van der Waals surface area contributed by atoms with E-state index in [0.29, 0.717) is 28.8 Å². The monoisotopic (exact) mass is 548 g/mol. The standard InChI is InChI=1S/C27H31F3N4O5/c1-16-10-18(13-26(2,3)12-16)34-22-9-8-20(38-15-23(35)31-14-24(36)37)11-21(22)33-25(34)32-17-4-6-19(7-5-17)39-27(28,29)30/h4-9,11,16,18H,10,12-15H2,1-3H3,(H,31,35)(H,32,33)(H,36,37)/t16-,18-/m0/s1. The highest BCUT2D eigenvalue weighted by atomic mass is 19.4. The van der Waals surface area contributed by atoms with Crippen molar-refractivity contribution in [1.82, 2.24) is 14.9 Å². The number of aliphatic carboxylic acids is 1. The molecule has 2 atom stereocenters. The van der Waals surface area contributed by atoms with Crippen LogP contribution in [-0.2, 0) is 9.59 Å². The summed E-state index contributed by atoms with van der Waals surface area (Å²) in [6.45, 7) is 5.84. The molecule has 9 nitrogen and oxygen atoms in total. The van der Waals surface area contributed by atoms with Gasteiger partial charge in [0.15, 0.2) is 6.61 Å². The van der Waals surface area contributed by atoms with Crippen LogP contribution in [0.3, 0.4) is 0 Å². The average Bonchev–Trinajstić information content (AvgIpc) is 3.17. The number of ether oxygens (including phenoxy) is 2. The first-order valence-corrected chi connectivity index (χ1v) is 12.5. The number of amides is 1. The Kier molecular flexibility index (Phi) is 7.94. The van der Waals surface area contributed by atoms with Crippen molar-refractivity contribution in [3.05, 3.63) is 42.5 Å². The predicted octanol–water partition coefficient (Wildman–Crippen LogP) is 5.65. The number of anilines is 2. The normalized spacial score (nSPS) is 18.9. The molecule has 1 aliphatic rings. The Morgan fingerprint density at radius 2 is 1.82 bits per heavy atom. The number of alkyl halides is 3. The molecule has 0 unspecified atom stereocenters. The van der Waals surface area contributed by atoms with Gasteiger partial charge in [0.2, 0.25) is 5.95 Å².